The predicted molar refractivity (Wildman–Crippen MR) is 105 cm³/mol. The van der Waals surface area contributed by atoms with E-state index in [-0.39, 0.29) is 18.3 Å². The van der Waals surface area contributed by atoms with Crippen LogP contribution in [0.4, 0.5) is 0 Å². The second kappa shape index (κ2) is 7.05. The minimum absolute atomic E-state index is 0.176. The lowest BCUT2D eigenvalue weighted by molar-refractivity contribution is -0.122. The number of carbonyl (C=O) groups is 2. The number of benzene rings is 2. The van der Waals surface area contributed by atoms with Crippen molar-refractivity contribution in [1.29, 1.82) is 0 Å². The van der Waals surface area contributed by atoms with Crippen LogP contribution >= 0.6 is 24.0 Å². The fraction of sp³-hybridized carbons (Fsp3) is 0.105. The zero-order valence-electron chi connectivity index (χ0n) is 13.9. The number of nitrogens with zero attached hydrogens (tertiary/aromatic N) is 1. The first kappa shape index (κ1) is 17.6. The van der Waals surface area contributed by atoms with Crippen molar-refractivity contribution in [2.75, 3.05) is 6.79 Å². The highest BCUT2D eigenvalue weighted by molar-refractivity contribution is 8.26. The molecule has 27 heavy (non-hydrogen) atoms. The minimum atomic E-state index is -0.989. The van der Waals surface area contributed by atoms with Crippen LogP contribution < -0.4 is 9.47 Å². The number of hydrogen-bond acceptors (Lipinski definition) is 6. The average molecular weight is 399 g/mol. The fourth-order valence-electron chi connectivity index (χ4n) is 2.73. The third-order valence-electron chi connectivity index (χ3n) is 4.11. The molecule has 8 heteroatoms. The Morgan fingerprint density at radius 3 is 2.67 bits per heavy atom. The van der Waals surface area contributed by atoms with Crippen LogP contribution in [0, 0.1) is 0 Å². The number of thioether (sulfide) groups is 1. The van der Waals surface area contributed by atoms with Gasteiger partial charge in [0.1, 0.15) is 4.32 Å². The number of ether oxygens (including phenoxy) is 2. The SMILES string of the molecule is O=C(O)c1ccc(/C=C2\SC(=S)N(Cc3ccc4c(c3)OCO4)C2=O)cc1. The normalized spacial score (nSPS) is 17.0. The highest BCUT2D eigenvalue weighted by Gasteiger charge is 2.32. The molecule has 2 aromatic rings. The van der Waals surface area contributed by atoms with E-state index in [0.29, 0.717) is 27.3 Å². The van der Waals surface area contributed by atoms with E-state index in [1.54, 1.807) is 18.2 Å². The van der Waals surface area contributed by atoms with Crippen molar-refractivity contribution in [1.82, 2.24) is 4.90 Å². The summed E-state index contributed by atoms with van der Waals surface area (Å²) in [5.41, 5.74) is 1.83. The van der Waals surface area contributed by atoms with Crippen LogP contribution in [-0.2, 0) is 11.3 Å². The maximum atomic E-state index is 12.7. The quantitative estimate of drug-likeness (QED) is 0.623. The number of hydrogen-bond donors (Lipinski definition) is 1. The van der Waals surface area contributed by atoms with Gasteiger partial charge in [0.15, 0.2) is 11.5 Å². The lowest BCUT2D eigenvalue weighted by Gasteiger charge is -2.14. The first-order valence-electron chi connectivity index (χ1n) is 7.98. The first-order chi connectivity index (χ1) is 13.0. The van der Waals surface area contributed by atoms with Crippen molar-refractivity contribution in [3.8, 4) is 11.5 Å². The largest absolute Gasteiger partial charge is 0.478 e. The molecule has 1 saturated heterocycles. The smallest absolute Gasteiger partial charge is 0.335 e. The van der Waals surface area contributed by atoms with E-state index in [0.717, 1.165) is 11.1 Å². The molecule has 1 fully saturated rings. The molecular weight excluding hydrogens is 386 g/mol. The molecule has 2 aromatic carbocycles. The van der Waals surface area contributed by atoms with Gasteiger partial charge in [0, 0.05) is 0 Å². The Balaban J connectivity index is 1.52. The van der Waals surface area contributed by atoms with Gasteiger partial charge in [-0.15, -0.1) is 0 Å². The van der Waals surface area contributed by atoms with E-state index < -0.39 is 5.97 Å². The number of rotatable bonds is 4. The zero-order chi connectivity index (χ0) is 19.0. The number of amides is 1. The molecule has 4 rings (SSSR count). The molecule has 0 aliphatic carbocycles. The highest BCUT2D eigenvalue weighted by Crippen LogP contribution is 2.36. The monoisotopic (exact) mass is 399 g/mol. The molecular formula is C19H13NO5S2. The number of carboxylic acid groups (broad SMARTS) is 1. The maximum Gasteiger partial charge on any atom is 0.335 e. The van der Waals surface area contributed by atoms with Gasteiger partial charge in [-0.2, -0.15) is 0 Å². The number of thiocarbonyl (C=S) groups is 1. The molecule has 136 valence electrons. The van der Waals surface area contributed by atoms with E-state index in [9.17, 15) is 9.59 Å². The van der Waals surface area contributed by atoms with Crippen LogP contribution in [0.2, 0.25) is 0 Å². The molecule has 0 saturated carbocycles. The summed E-state index contributed by atoms with van der Waals surface area (Å²) >= 11 is 6.59. The van der Waals surface area contributed by atoms with Gasteiger partial charge in [0.25, 0.3) is 5.91 Å². The molecule has 1 N–H and O–H groups in total. The fourth-order valence-corrected chi connectivity index (χ4v) is 3.99. The van der Waals surface area contributed by atoms with Gasteiger partial charge in [-0.25, -0.2) is 4.79 Å². The Hall–Kier alpha value is -2.84. The summed E-state index contributed by atoms with van der Waals surface area (Å²) in [7, 11) is 0. The van der Waals surface area contributed by atoms with E-state index in [2.05, 4.69) is 0 Å². The molecule has 0 atom stereocenters. The topological polar surface area (TPSA) is 76.1 Å². The Kier molecular flexibility index (Phi) is 4.59. The lowest BCUT2D eigenvalue weighted by Crippen LogP contribution is -2.27. The van der Waals surface area contributed by atoms with E-state index in [4.69, 9.17) is 26.8 Å². The van der Waals surface area contributed by atoms with Gasteiger partial charge in [0.2, 0.25) is 6.79 Å². The Morgan fingerprint density at radius 1 is 1.19 bits per heavy atom. The molecule has 0 spiro atoms. The molecule has 1 amide bonds. The summed E-state index contributed by atoms with van der Waals surface area (Å²) in [4.78, 5) is 25.7. The Bertz CT molecular complexity index is 984. The standard InChI is InChI=1S/C19H13NO5S2/c21-17-16(8-11-1-4-13(5-2-11)18(22)23)27-19(26)20(17)9-12-3-6-14-15(7-12)25-10-24-14/h1-8H,9-10H2,(H,22,23)/b16-8-. The summed E-state index contributed by atoms with van der Waals surface area (Å²) < 4.78 is 11.1. The van der Waals surface area contributed by atoms with Crippen molar-refractivity contribution in [2.45, 2.75) is 6.54 Å². The van der Waals surface area contributed by atoms with Crippen LogP contribution in [0.25, 0.3) is 6.08 Å². The summed E-state index contributed by atoms with van der Waals surface area (Å²) in [6.45, 7) is 0.542. The van der Waals surface area contributed by atoms with Crippen LogP contribution in [0.5, 0.6) is 11.5 Å². The third kappa shape index (κ3) is 3.54. The molecule has 2 aliphatic heterocycles. The van der Waals surface area contributed by atoms with Crippen molar-refractivity contribution in [3.05, 3.63) is 64.1 Å². The number of aromatic carboxylic acids is 1. The van der Waals surface area contributed by atoms with Crippen LogP contribution in [0.3, 0.4) is 0 Å². The van der Waals surface area contributed by atoms with Crippen LogP contribution in [0.1, 0.15) is 21.5 Å². The second-order valence-corrected chi connectivity index (χ2v) is 7.56. The Morgan fingerprint density at radius 2 is 1.93 bits per heavy atom. The van der Waals surface area contributed by atoms with E-state index in [1.165, 1.54) is 28.8 Å². The molecule has 0 bridgehead atoms. The van der Waals surface area contributed by atoms with Gasteiger partial charge in [-0.1, -0.05) is 42.2 Å². The zero-order valence-corrected chi connectivity index (χ0v) is 15.5. The highest BCUT2D eigenvalue weighted by atomic mass is 32.2. The van der Waals surface area contributed by atoms with Crippen LogP contribution in [-0.4, -0.2) is 33.0 Å². The van der Waals surface area contributed by atoms with Crippen molar-refractivity contribution >= 4 is 46.3 Å². The second-order valence-electron chi connectivity index (χ2n) is 5.88. The van der Waals surface area contributed by atoms with Crippen molar-refractivity contribution in [3.63, 3.8) is 0 Å². The molecule has 2 aliphatic rings. The van der Waals surface area contributed by atoms with Gasteiger partial charge in [0.05, 0.1) is 17.0 Å². The first-order valence-corrected chi connectivity index (χ1v) is 9.21. The molecule has 0 unspecified atom stereocenters. The van der Waals surface area contributed by atoms with Gasteiger partial charge < -0.3 is 14.6 Å². The van der Waals surface area contributed by atoms with Gasteiger partial charge in [-0.05, 0) is 41.5 Å². The van der Waals surface area contributed by atoms with Crippen molar-refractivity contribution in [2.24, 2.45) is 0 Å². The summed E-state index contributed by atoms with van der Waals surface area (Å²) in [6.07, 6.45) is 1.71. The predicted octanol–water partition coefficient (Wildman–Crippen LogP) is 3.51. The summed E-state index contributed by atoms with van der Waals surface area (Å²) in [6, 6.07) is 11.9. The lowest BCUT2D eigenvalue weighted by atomic mass is 10.1. The number of carbonyl (C=O) groups excluding carboxylic acids is 1. The van der Waals surface area contributed by atoms with E-state index >= 15 is 0 Å². The van der Waals surface area contributed by atoms with Gasteiger partial charge in [-0.3, -0.25) is 9.69 Å². The number of carboxylic acids is 1. The maximum absolute atomic E-state index is 12.7. The molecule has 0 radical (unpaired) electrons. The minimum Gasteiger partial charge on any atom is -0.478 e. The molecule has 2 heterocycles. The molecule has 0 aromatic heterocycles. The van der Waals surface area contributed by atoms with E-state index in [1.807, 2.05) is 18.2 Å². The van der Waals surface area contributed by atoms with Crippen molar-refractivity contribution < 1.29 is 24.2 Å². The summed E-state index contributed by atoms with van der Waals surface area (Å²) in [5.74, 6) is 0.183. The summed E-state index contributed by atoms with van der Waals surface area (Å²) in [5, 5.41) is 8.96. The third-order valence-corrected chi connectivity index (χ3v) is 5.48. The average Bonchev–Trinajstić information content (AvgIpc) is 3.22. The molecule has 6 nitrogen and oxygen atoms in total. The Labute approximate surface area is 164 Å². The number of fused-ring (bicyclic) bond motifs is 1. The van der Waals surface area contributed by atoms with Gasteiger partial charge >= 0.3 is 5.97 Å². The van der Waals surface area contributed by atoms with Crippen LogP contribution in [0.15, 0.2) is 47.4 Å².